The lowest BCUT2D eigenvalue weighted by molar-refractivity contribution is -0.122. The Morgan fingerprint density at radius 3 is 2.90 bits per heavy atom. The van der Waals surface area contributed by atoms with E-state index in [1.807, 2.05) is 12.1 Å². The molecule has 1 aliphatic rings. The first-order valence-corrected chi connectivity index (χ1v) is 9.29. The summed E-state index contributed by atoms with van der Waals surface area (Å²) in [6, 6.07) is 8.26. The topological polar surface area (TPSA) is 32.3 Å². The highest BCUT2D eigenvalue weighted by molar-refractivity contribution is 9.10. The number of hydrogen-bond acceptors (Lipinski definition) is 3. The second-order valence-electron chi connectivity index (χ2n) is 5.63. The first-order chi connectivity index (χ1) is 10.1. The number of amides is 1. The molecule has 1 aromatic carbocycles. The highest BCUT2D eigenvalue weighted by atomic mass is 79.9. The molecule has 1 saturated heterocycles. The molecule has 21 heavy (non-hydrogen) atoms. The molecular formula is C16H23BrN2OS. The maximum Gasteiger partial charge on any atom is 0.234 e. The van der Waals surface area contributed by atoms with Crippen molar-refractivity contribution in [2.24, 2.45) is 5.92 Å². The minimum absolute atomic E-state index is 0.153. The number of carbonyl (C=O) groups excluding carboxylic acids is 1. The van der Waals surface area contributed by atoms with E-state index in [0.29, 0.717) is 6.54 Å². The average Bonchev–Trinajstić information content (AvgIpc) is 2.45. The van der Waals surface area contributed by atoms with Crippen molar-refractivity contribution in [3.63, 3.8) is 0 Å². The van der Waals surface area contributed by atoms with Gasteiger partial charge in [0.1, 0.15) is 0 Å². The standard InChI is InChI=1S/C16H23BrN2OS/c1-13-3-2-9-19(11-13)12-16(20)18-8-10-21-15-6-4-14(17)5-7-15/h4-7,13H,2-3,8-12H2,1H3,(H,18,20)/t13-/m0/s1. The summed E-state index contributed by atoms with van der Waals surface area (Å²) in [6.07, 6.45) is 2.51. The molecule has 1 amide bonds. The van der Waals surface area contributed by atoms with Crippen molar-refractivity contribution in [2.75, 3.05) is 31.9 Å². The normalized spacial score (nSPS) is 19.4. The number of carbonyl (C=O) groups is 1. The van der Waals surface area contributed by atoms with E-state index in [4.69, 9.17) is 0 Å². The molecule has 0 bridgehead atoms. The number of piperidine rings is 1. The fourth-order valence-corrected chi connectivity index (χ4v) is 3.61. The molecule has 1 heterocycles. The third kappa shape index (κ3) is 6.41. The van der Waals surface area contributed by atoms with E-state index in [2.05, 4.69) is 45.2 Å². The fourth-order valence-electron chi connectivity index (χ4n) is 2.58. The zero-order valence-electron chi connectivity index (χ0n) is 12.5. The smallest absolute Gasteiger partial charge is 0.234 e. The molecule has 1 fully saturated rings. The molecule has 116 valence electrons. The van der Waals surface area contributed by atoms with Gasteiger partial charge in [0.15, 0.2) is 0 Å². The Hall–Kier alpha value is -0.520. The maximum absolute atomic E-state index is 11.9. The Bertz CT molecular complexity index is 452. The lowest BCUT2D eigenvalue weighted by Crippen LogP contribution is -2.42. The number of halogens is 1. The summed E-state index contributed by atoms with van der Waals surface area (Å²) in [7, 11) is 0. The molecule has 0 aliphatic carbocycles. The fraction of sp³-hybridized carbons (Fsp3) is 0.562. The van der Waals surface area contributed by atoms with Gasteiger partial charge in [-0.2, -0.15) is 0 Å². The molecule has 0 radical (unpaired) electrons. The molecule has 5 heteroatoms. The SMILES string of the molecule is C[C@H]1CCCN(CC(=O)NCCSc2ccc(Br)cc2)C1. The van der Waals surface area contributed by atoms with Crippen LogP contribution < -0.4 is 5.32 Å². The molecule has 0 unspecified atom stereocenters. The summed E-state index contributed by atoms with van der Waals surface area (Å²) >= 11 is 5.20. The van der Waals surface area contributed by atoms with Crippen molar-refractivity contribution >= 4 is 33.6 Å². The average molecular weight is 371 g/mol. The number of nitrogens with one attached hydrogen (secondary N) is 1. The molecule has 1 aromatic rings. The minimum Gasteiger partial charge on any atom is -0.354 e. The predicted molar refractivity (Wildman–Crippen MR) is 92.7 cm³/mol. The number of hydrogen-bond donors (Lipinski definition) is 1. The number of likely N-dealkylation sites (tertiary alicyclic amines) is 1. The van der Waals surface area contributed by atoms with Crippen LogP contribution in [0.1, 0.15) is 19.8 Å². The maximum atomic E-state index is 11.9. The minimum atomic E-state index is 0.153. The van der Waals surface area contributed by atoms with Crippen molar-refractivity contribution in [1.82, 2.24) is 10.2 Å². The number of rotatable bonds is 6. The van der Waals surface area contributed by atoms with Gasteiger partial charge >= 0.3 is 0 Å². The molecule has 3 nitrogen and oxygen atoms in total. The summed E-state index contributed by atoms with van der Waals surface area (Å²) in [4.78, 5) is 15.4. The van der Waals surface area contributed by atoms with Crippen LogP contribution in [0.15, 0.2) is 33.6 Å². The van der Waals surface area contributed by atoms with Gasteiger partial charge in [0.05, 0.1) is 6.54 Å². The lowest BCUT2D eigenvalue weighted by Gasteiger charge is -2.30. The monoisotopic (exact) mass is 370 g/mol. The van der Waals surface area contributed by atoms with E-state index >= 15 is 0 Å². The van der Waals surface area contributed by atoms with E-state index in [1.165, 1.54) is 17.7 Å². The van der Waals surface area contributed by atoms with Crippen LogP contribution in [0, 0.1) is 5.92 Å². The van der Waals surface area contributed by atoms with Gasteiger partial charge < -0.3 is 5.32 Å². The molecule has 0 spiro atoms. The van der Waals surface area contributed by atoms with Crippen LogP contribution in [-0.4, -0.2) is 42.7 Å². The van der Waals surface area contributed by atoms with E-state index in [9.17, 15) is 4.79 Å². The number of nitrogens with zero attached hydrogens (tertiary/aromatic N) is 1. The largest absolute Gasteiger partial charge is 0.354 e. The van der Waals surface area contributed by atoms with E-state index < -0.39 is 0 Å². The van der Waals surface area contributed by atoms with Crippen molar-refractivity contribution in [2.45, 2.75) is 24.7 Å². The zero-order valence-corrected chi connectivity index (χ0v) is 14.9. The zero-order chi connectivity index (χ0) is 15.1. The van der Waals surface area contributed by atoms with Gasteiger partial charge in [0, 0.05) is 28.2 Å². The van der Waals surface area contributed by atoms with Gasteiger partial charge in [-0.25, -0.2) is 0 Å². The van der Waals surface area contributed by atoms with Crippen LogP contribution in [0.25, 0.3) is 0 Å². The second-order valence-corrected chi connectivity index (χ2v) is 7.72. The van der Waals surface area contributed by atoms with Crippen molar-refractivity contribution in [3.05, 3.63) is 28.7 Å². The first-order valence-electron chi connectivity index (χ1n) is 7.51. The molecule has 1 aliphatic heterocycles. The van der Waals surface area contributed by atoms with Gasteiger partial charge in [-0.15, -0.1) is 11.8 Å². The van der Waals surface area contributed by atoms with Crippen LogP contribution in [0.4, 0.5) is 0 Å². The van der Waals surface area contributed by atoms with E-state index in [0.717, 1.165) is 35.8 Å². The highest BCUT2D eigenvalue weighted by Gasteiger charge is 2.18. The quantitative estimate of drug-likeness (QED) is 0.615. The summed E-state index contributed by atoms with van der Waals surface area (Å²) in [5, 5.41) is 3.02. The second kappa shape index (κ2) is 8.81. The summed E-state index contributed by atoms with van der Waals surface area (Å²) in [5.41, 5.74) is 0. The molecule has 1 atom stereocenters. The van der Waals surface area contributed by atoms with Crippen LogP contribution in [0.3, 0.4) is 0 Å². The Morgan fingerprint density at radius 1 is 1.43 bits per heavy atom. The molecule has 0 aromatic heterocycles. The Balaban J connectivity index is 1.59. The van der Waals surface area contributed by atoms with Gasteiger partial charge in [0.2, 0.25) is 5.91 Å². The van der Waals surface area contributed by atoms with Crippen LogP contribution in [-0.2, 0) is 4.79 Å². The van der Waals surface area contributed by atoms with Crippen molar-refractivity contribution in [1.29, 1.82) is 0 Å². The first kappa shape index (κ1) is 16.8. The molecule has 2 rings (SSSR count). The molecule has 1 N–H and O–H groups in total. The van der Waals surface area contributed by atoms with Crippen LogP contribution in [0.5, 0.6) is 0 Å². The summed E-state index contributed by atoms with van der Waals surface area (Å²) in [5.74, 6) is 1.78. The van der Waals surface area contributed by atoms with Gasteiger partial charge in [0.25, 0.3) is 0 Å². The highest BCUT2D eigenvalue weighted by Crippen LogP contribution is 2.20. The third-order valence-electron chi connectivity index (χ3n) is 3.61. The predicted octanol–water partition coefficient (Wildman–Crippen LogP) is 3.39. The van der Waals surface area contributed by atoms with Crippen LogP contribution in [0.2, 0.25) is 0 Å². The Kier molecular flexibility index (Phi) is 7.07. The molecule has 0 saturated carbocycles. The Morgan fingerprint density at radius 2 is 2.19 bits per heavy atom. The van der Waals surface area contributed by atoms with Gasteiger partial charge in [-0.1, -0.05) is 22.9 Å². The number of thioether (sulfide) groups is 1. The van der Waals surface area contributed by atoms with Gasteiger partial charge in [-0.3, -0.25) is 9.69 Å². The van der Waals surface area contributed by atoms with Gasteiger partial charge in [-0.05, 0) is 49.6 Å². The van der Waals surface area contributed by atoms with Crippen molar-refractivity contribution in [3.8, 4) is 0 Å². The lowest BCUT2D eigenvalue weighted by atomic mass is 10.0. The van der Waals surface area contributed by atoms with E-state index in [-0.39, 0.29) is 5.91 Å². The molecular weight excluding hydrogens is 348 g/mol. The summed E-state index contributed by atoms with van der Waals surface area (Å²) in [6.45, 7) is 5.65. The Labute approximate surface area is 140 Å². The number of benzene rings is 1. The van der Waals surface area contributed by atoms with Crippen molar-refractivity contribution < 1.29 is 4.79 Å². The van der Waals surface area contributed by atoms with Crippen LogP contribution >= 0.6 is 27.7 Å². The summed E-state index contributed by atoms with van der Waals surface area (Å²) < 4.78 is 1.09. The van der Waals surface area contributed by atoms with E-state index in [1.54, 1.807) is 11.8 Å². The third-order valence-corrected chi connectivity index (χ3v) is 5.16.